The number of pyridine rings is 1. The fraction of sp³-hybridized carbons (Fsp3) is 0.680. The number of hydrogen-bond donors (Lipinski definition) is 3. The van der Waals surface area contributed by atoms with Crippen molar-refractivity contribution in [1.29, 1.82) is 0 Å². The standard InChI is InChI=1S/C25H35N5O7/c1-15(31)29-13-18-12-28(6-7-36-18)25(35)19-8-17(11-30(19)10-16-2-4-26-5-3-16)27-22(32)9-20-23(33)24(34)21(14-29)37-20/h2-5,17-21,23-24,33-34H,6-14H2,1H3,(H,27,32)/t17-,18-,19-,20-,21+,23-,24+/m0/s1. The van der Waals surface area contributed by atoms with Crippen molar-refractivity contribution >= 4 is 17.7 Å². The minimum atomic E-state index is -1.25. The molecule has 0 spiro atoms. The Kier molecular flexibility index (Phi) is 7.72. The molecule has 3 N–H and O–H groups in total. The number of carbonyl (C=O) groups excluding carboxylic acids is 3. The minimum absolute atomic E-state index is 0.0187. The van der Waals surface area contributed by atoms with Crippen LogP contribution in [0.5, 0.6) is 0 Å². The maximum absolute atomic E-state index is 13.7. The quantitative estimate of drug-likeness (QED) is 0.410. The average Bonchev–Trinajstić information content (AvgIpc) is 3.38. The molecule has 6 bridgehead atoms. The number of likely N-dealkylation sites (tertiary alicyclic amines) is 1. The van der Waals surface area contributed by atoms with E-state index in [9.17, 15) is 24.6 Å². The third-order valence-electron chi connectivity index (χ3n) is 7.76. The van der Waals surface area contributed by atoms with Gasteiger partial charge in [0.15, 0.2) is 0 Å². The van der Waals surface area contributed by atoms with Gasteiger partial charge in [-0.25, -0.2) is 0 Å². The Morgan fingerprint density at radius 3 is 2.62 bits per heavy atom. The molecule has 0 radical (unpaired) electrons. The van der Waals surface area contributed by atoms with E-state index < -0.39 is 30.5 Å². The van der Waals surface area contributed by atoms with E-state index in [1.807, 2.05) is 12.1 Å². The van der Waals surface area contributed by atoms with Gasteiger partial charge in [-0.05, 0) is 24.1 Å². The maximum atomic E-state index is 13.7. The van der Waals surface area contributed by atoms with Crippen LogP contribution in [-0.4, -0.2) is 130 Å². The molecule has 5 rings (SSSR count). The predicted molar refractivity (Wildman–Crippen MR) is 129 cm³/mol. The van der Waals surface area contributed by atoms with Crippen LogP contribution in [0.1, 0.15) is 25.3 Å². The monoisotopic (exact) mass is 517 g/mol. The Balaban J connectivity index is 1.40. The van der Waals surface area contributed by atoms with Gasteiger partial charge < -0.3 is 34.8 Å². The zero-order chi connectivity index (χ0) is 26.1. The van der Waals surface area contributed by atoms with Gasteiger partial charge in [-0.1, -0.05) is 0 Å². The lowest BCUT2D eigenvalue weighted by molar-refractivity contribution is -0.146. The van der Waals surface area contributed by atoms with Gasteiger partial charge in [-0.15, -0.1) is 0 Å². The molecule has 4 saturated heterocycles. The van der Waals surface area contributed by atoms with Crippen LogP contribution in [0.4, 0.5) is 0 Å². The van der Waals surface area contributed by atoms with Crippen molar-refractivity contribution in [2.45, 2.75) is 68.9 Å². The molecule has 1 aromatic rings. The van der Waals surface area contributed by atoms with Gasteiger partial charge >= 0.3 is 0 Å². The first-order chi connectivity index (χ1) is 17.8. The highest BCUT2D eigenvalue weighted by atomic mass is 16.5. The third kappa shape index (κ3) is 5.78. The maximum Gasteiger partial charge on any atom is 0.240 e. The lowest BCUT2D eigenvalue weighted by Crippen LogP contribution is -2.55. The van der Waals surface area contributed by atoms with Gasteiger partial charge in [0, 0.05) is 64.6 Å². The van der Waals surface area contributed by atoms with Crippen molar-refractivity contribution < 1.29 is 34.1 Å². The number of hydrogen-bond acceptors (Lipinski definition) is 9. The number of amides is 3. The zero-order valence-corrected chi connectivity index (χ0v) is 20.9. The zero-order valence-electron chi connectivity index (χ0n) is 20.9. The van der Waals surface area contributed by atoms with Crippen LogP contribution < -0.4 is 5.32 Å². The Bertz CT molecular complexity index is 997. The van der Waals surface area contributed by atoms with Crippen LogP contribution in [0.25, 0.3) is 0 Å². The second kappa shape index (κ2) is 11.0. The second-order valence-electron chi connectivity index (χ2n) is 10.4. The molecule has 0 saturated carbocycles. The molecule has 4 aliphatic rings. The Morgan fingerprint density at radius 2 is 1.86 bits per heavy atom. The van der Waals surface area contributed by atoms with E-state index in [1.54, 1.807) is 17.3 Å². The van der Waals surface area contributed by atoms with Gasteiger partial charge in [0.2, 0.25) is 17.7 Å². The van der Waals surface area contributed by atoms with Gasteiger partial charge in [0.25, 0.3) is 0 Å². The summed E-state index contributed by atoms with van der Waals surface area (Å²) in [5, 5.41) is 24.1. The number of rotatable bonds is 2. The number of nitrogens with zero attached hydrogens (tertiary/aromatic N) is 4. The van der Waals surface area contributed by atoms with Crippen molar-refractivity contribution in [1.82, 2.24) is 25.0 Å². The molecule has 37 heavy (non-hydrogen) atoms. The Hall–Kier alpha value is -2.64. The van der Waals surface area contributed by atoms with E-state index in [1.165, 1.54) is 11.8 Å². The van der Waals surface area contributed by atoms with Crippen molar-refractivity contribution in [2.75, 3.05) is 39.3 Å². The van der Waals surface area contributed by atoms with Gasteiger partial charge in [-0.3, -0.25) is 24.3 Å². The summed E-state index contributed by atoms with van der Waals surface area (Å²) in [6.07, 6.45) is -0.847. The molecule has 0 aliphatic carbocycles. The summed E-state index contributed by atoms with van der Waals surface area (Å²) < 4.78 is 11.8. The number of nitrogens with one attached hydrogen (secondary N) is 1. The van der Waals surface area contributed by atoms with E-state index in [0.29, 0.717) is 39.2 Å². The molecule has 4 aliphatic heterocycles. The summed E-state index contributed by atoms with van der Waals surface area (Å²) in [6, 6.07) is 3.14. The molecule has 12 heteroatoms. The highest BCUT2D eigenvalue weighted by Gasteiger charge is 2.46. The Morgan fingerprint density at radius 1 is 1.11 bits per heavy atom. The lowest BCUT2D eigenvalue weighted by Gasteiger charge is -2.38. The molecule has 0 unspecified atom stereocenters. The van der Waals surface area contributed by atoms with Crippen LogP contribution in [0.15, 0.2) is 24.5 Å². The number of fused-ring (bicyclic) bond motifs is 6. The van der Waals surface area contributed by atoms with E-state index in [2.05, 4.69) is 15.2 Å². The van der Waals surface area contributed by atoms with Crippen LogP contribution in [0.2, 0.25) is 0 Å². The summed E-state index contributed by atoms with van der Waals surface area (Å²) >= 11 is 0. The van der Waals surface area contributed by atoms with Crippen molar-refractivity contribution in [3.63, 3.8) is 0 Å². The van der Waals surface area contributed by atoms with Gasteiger partial charge in [0.1, 0.15) is 18.3 Å². The van der Waals surface area contributed by atoms with E-state index in [0.717, 1.165) is 5.56 Å². The molecule has 1 aromatic heterocycles. The first-order valence-corrected chi connectivity index (χ1v) is 12.9. The topological polar surface area (TPSA) is 145 Å². The summed E-state index contributed by atoms with van der Waals surface area (Å²) in [5.41, 5.74) is 1.02. The molecule has 5 heterocycles. The van der Waals surface area contributed by atoms with Crippen molar-refractivity contribution in [3.8, 4) is 0 Å². The molecular formula is C25H35N5O7. The molecular weight excluding hydrogens is 482 g/mol. The minimum Gasteiger partial charge on any atom is -0.388 e. The highest BCUT2D eigenvalue weighted by Crippen LogP contribution is 2.27. The fourth-order valence-corrected chi connectivity index (χ4v) is 5.81. The molecule has 3 amide bonds. The van der Waals surface area contributed by atoms with Crippen LogP contribution in [0, 0.1) is 0 Å². The smallest absolute Gasteiger partial charge is 0.240 e. The summed E-state index contributed by atoms with van der Waals surface area (Å²) in [7, 11) is 0. The van der Waals surface area contributed by atoms with Crippen LogP contribution >= 0.6 is 0 Å². The van der Waals surface area contributed by atoms with Gasteiger partial charge in [-0.2, -0.15) is 0 Å². The van der Waals surface area contributed by atoms with E-state index in [4.69, 9.17) is 9.47 Å². The average molecular weight is 518 g/mol. The molecule has 7 atom stereocenters. The first-order valence-electron chi connectivity index (χ1n) is 12.9. The van der Waals surface area contributed by atoms with Crippen LogP contribution in [-0.2, 0) is 30.4 Å². The highest BCUT2D eigenvalue weighted by molar-refractivity contribution is 5.83. The number of aliphatic hydroxyl groups is 2. The summed E-state index contributed by atoms with van der Waals surface area (Å²) in [6.45, 7) is 3.85. The van der Waals surface area contributed by atoms with Gasteiger partial charge in [0.05, 0.1) is 31.3 Å². The molecule has 0 aromatic carbocycles. The number of aromatic nitrogens is 1. The molecule has 202 valence electrons. The number of aliphatic hydroxyl groups excluding tert-OH is 2. The third-order valence-corrected chi connectivity index (χ3v) is 7.76. The lowest BCUT2D eigenvalue weighted by atomic mass is 10.0. The SMILES string of the molecule is CC(=O)N1C[C@@H]2CN(CCO2)C(=O)[C@@H]2C[C@@H](CN2Cc2ccncc2)NC(=O)C[C@@H]2O[C@H](C1)[C@@H](O)[C@H]2O. The van der Waals surface area contributed by atoms with Crippen LogP contribution in [0.3, 0.4) is 0 Å². The first kappa shape index (κ1) is 26.0. The van der Waals surface area contributed by atoms with E-state index in [-0.39, 0.29) is 49.4 Å². The number of morpholine rings is 1. The second-order valence-corrected chi connectivity index (χ2v) is 10.4. The normalized spacial score (nSPS) is 35.5. The number of ether oxygens (including phenoxy) is 2. The van der Waals surface area contributed by atoms with Crippen molar-refractivity contribution in [2.24, 2.45) is 0 Å². The molecule has 12 nitrogen and oxygen atoms in total. The summed E-state index contributed by atoms with van der Waals surface area (Å²) in [5.74, 6) is -0.572. The van der Waals surface area contributed by atoms with Crippen molar-refractivity contribution in [3.05, 3.63) is 30.1 Å². The predicted octanol–water partition coefficient (Wildman–Crippen LogP) is -1.89. The Labute approximate surface area is 215 Å². The summed E-state index contributed by atoms with van der Waals surface area (Å²) in [4.78, 5) is 48.5. The largest absolute Gasteiger partial charge is 0.388 e. The van der Waals surface area contributed by atoms with E-state index >= 15 is 0 Å². The molecule has 4 fully saturated rings. The number of carbonyl (C=O) groups is 3. The fourth-order valence-electron chi connectivity index (χ4n) is 5.81.